The Morgan fingerprint density at radius 3 is 2.63 bits per heavy atom. The van der Waals surface area contributed by atoms with Crippen LogP contribution in [0.15, 0.2) is 30.3 Å². The van der Waals surface area contributed by atoms with Crippen molar-refractivity contribution in [3.8, 4) is 0 Å². The third kappa shape index (κ3) is 4.30. The topological polar surface area (TPSA) is 49.4 Å². The SMILES string of the molecule is CN(CC1CCCCN1)S(=O)(=O)Cc1ccccc1. The number of hydrogen-bond acceptors (Lipinski definition) is 3. The van der Waals surface area contributed by atoms with Crippen LogP contribution in [0.1, 0.15) is 24.8 Å². The number of nitrogens with one attached hydrogen (secondary N) is 1. The predicted octanol–water partition coefficient (Wildman–Crippen LogP) is 1.59. The maximum atomic E-state index is 12.3. The summed E-state index contributed by atoms with van der Waals surface area (Å²) in [5.74, 6) is 0.0804. The van der Waals surface area contributed by atoms with Crippen LogP contribution in [0.3, 0.4) is 0 Å². The van der Waals surface area contributed by atoms with Crippen LogP contribution in [-0.4, -0.2) is 38.9 Å². The van der Waals surface area contributed by atoms with Crippen molar-refractivity contribution in [2.45, 2.75) is 31.1 Å². The van der Waals surface area contributed by atoms with E-state index in [2.05, 4.69) is 5.32 Å². The monoisotopic (exact) mass is 282 g/mol. The van der Waals surface area contributed by atoms with Crippen molar-refractivity contribution in [2.75, 3.05) is 20.1 Å². The first-order chi connectivity index (χ1) is 9.08. The zero-order chi connectivity index (χ0) is 13.7. The third-order valence-electron chi connectivity index (χ3n) is 3.56. The Morgan fingerprint density at radius 2 is 2.00 bits per heavy atom. The van der Waals surface area contributed by atoms with Gasteiger partial charge in [-0.2, -0.15) is 0 Å². The fourth-order valence-corrected chi connectivity index (χ4v) is 3.64. The van der Waals surface area contributed by atoms with Crippen molar-refractivity contribution in [1.29, 1.82) is 0 Å². The largest absolute Gasteiger partial charge is 0.313 e. The van der Waals surface area contributed by atoms with E-state index in [4.69, 9.17) is 0 Å². The summed E-state index contributed by atoms with van der Waals surface area (Å²) in [5, 5.41) is 3.38. The zero-order valence-electron chi connectivity index (χ0n) is 11.4. The number of piperidine rings is 1. The smallest absolute Gasteiger partial charge is 0.218 e. The lowest BCUT2D eigenvalue weighted by molar-refractivity contribution is 0.337. The summed E-state index contributed by atoms with van der Waals surface area (Å²) in [6.07, 6.45) is 3.44. The molecule has 1 N–H and O–H groups in total. The van der Waals surface area contributed by atoms with E-state index in [0.29, 0.717) is 12.6 Å². The van der Waals surface area contributed by atoms with Crippen LogP contribution in [0.5, 0.6) is 0 Å². The standard InChI is InChI=1S/C14H22N2O2S/c1-16(11-14-9-5-6-10-15-14)19(17,18)12-13-7-3-2-4-8-13/h2-4,7-8,14-15H,5-6,9-12H2,1H3. The molecular weight excluding hydrogens is 260 g/mol. The van der Waals surface area contributed by atoms with Gasteiger partial charge in [-0.15, -0.1) is 0 Å². The lowest BCUT2D eigenvalue weighted by atomic mass is 10.1. The third-order valence-corrected chi connectivity index (χ3v) is 5.35. The highest BCUT2D eigenvalue weighted by Crippen LogP contribution is 2.13. The van der Waals surface area contributed by atoms with Crippen LogP contribution in [0.2, 0.25) is 0 Å². The van der Waals surface area contributed by atoms with E-state index in [1.54, 1.807) is 7.05 Å². The average molecular weight is 282 g/mol. The van der Waals surface area contributed by atoms with Crippen LogP contribution in [0.25, 0.3) is 0 Å². The Labute approximate surface area is 115 Å². The molecule has 1 saturated heterocycles. The van der Waals surface area contributed by atoms with Crippen molar-refractivity contribution in [2.24, 2.45) is 0 Å². The van der Waals surface area contributed by atoms with Gasteiger partial charge in [0.25, 0.3) is 0 Å². The van der Waals surface area contributed by atoms with Crippen LogP contribution in [-0.2, 0) is 15.8 Å². The van der Waals surface area contributed by atoms with Crippen LogP contribution in [0.4, 0.5) is 0 Å². The molecule has 4 nitrogen and oxygen atoms in total. The summed E-state index contributed by atoms with van der Waals surface area (Å²) < 4.78 is 26.0. The van der Waals surface area contributed by atoms with Gasteiger partial charge in [-0.1, -0.05) is 36.8 Å². The normalized spacial score (nSPS) is 20.6. The molecule has 0 radical (unpaired) electrons. The van der Waals surface area contributed by atoms with Gasteiger partial charge in [0.2, 0.25) is 10.0 Å². The molecule has 1 atom stereocenters. The first-order valence-corrected chi connectivity index (χ1v) is 8.40. The molecule has 1 aromatic carbocycles. The Bertz CT molecular complexity index is 481. The van der Waals surface area contributed by atoms with Gasteiger partial charge in [-0.05, 0) is 24.9 Å². The second kappa shape index (κ2) is 6.50. The van der Waals surface area contributed by atoms with E-state index in [9.17, 15) is 8.42 Å². The molecule has 0 spiro atoms. The minimum Gasteiger partial charge on any atom is -0.313 e. The summed E-state index contributed by atoms with van der Waals surface area (Å²) in [4.78, 5) is 0. The number of rotatable bonds is 5. The number of hydrogen-bond donors (Lipinski definition) is 1. The van der Waals surface area contributed by atoms with E-state index in [1.807, 2.05) is 30.3 Å². The van der Waals surface area contributed by atoms with Gasteiger partial charge in [-0.3, -0.25) is 0 Å². The molecular formula is C14H22N2O2S. The first-order valence-electron chi connectivity index (χ1n) is 6.79. The molecule has 1 aliphatic rings. The van der Waals surface area contributed by atoms with Crippen LogP contribution in [0, 0.1) is 0 Å². The summed E-state index contributed by atoms with van der Waals surface area (Å²) in [6.45, 7) is 1.56. The Kier molecular flexibility index (Phi) is 4.96. The Morgan fingerprint density at radius 1 is 1.26 bits per heavy atom. The second-order valence-corrected chi connectivity index (χ2v) is 7.25. The Balaban J connectivity index is 1.94. The van der Waals surface area contributed by atoms with Gasteiger partial charge in [-0.25, -0.2) is 12.7 Å². The molecule has 2 rings (SSSR count). The number of nitrogens with zero attached hydrogens (tertiary/aromatic N) is 1. The van der Waals surface area contributed by atoms with Crippen LogP contribution >= 0.6 is 0 Å². The highest BCUT2D eigenvalue weighted by molar-refractivity contribution is 7.88. The quantitative estimate of drug-likeness (QED) is 0.892. The van der Waals surface area contributed by atoms with Crippen molar-refractivity contribution < 1.29 is 8.42 Å². The van der Waals surface area contributed by atoms with E-state index >= 15 is 0 Å². The van der Waals surface area contributed by atoms with E-state index in [1.165, 1.54) is 17.1 Å². The number of benzene rings is 1. The summed E-state index contributed by atoms with van der Waals surface area (Å²) in [7, 11) is -1.54. The molecule has 1 unspecified atom stereocenters. The van der Waals surface area contributed by atoms with Crippen molar-refractivity contribution >= 4 is 10.0 Å². The molecule has 0 bridgehead atoms. The molecule has 0 aliphatic carbocycles. The van der Waals surface area contributed by atoms with Crippen molar-refractivity contribution in [3.05, 3.63) is 35.9 Å². The van der Waals surface area contributed by atoms with Gasteiger partial charge in [0.05, 0.1) is 5.75 Å². The average Bonchev–Trinajstić information content (AvgIpc) is 2.40. The van der Waals surface area contributed by atoms with Crippen LogP contribution < -0.4 is 5.32 Å². The maximum Gasteiger partial charge on any atom is 0.218 e. The van der Waals surface area contributed by atoms with E-state index in [0.717, 1.165) is 18.5 Å². The van der Waals surface area contributed by atoms with Gasteiger partial charge < -0.3 is 5.32 Å². The highest BCUT2D eigenvalue weighted by Gasteiger charge is 2.22. The second-order valence-electron chi connectivity index (χ2n) is 5.17. The number of sulfonamides is 1. The number of likely N-dealkylation sites (N-methyl/N-ethyl adjacent to an activating group) is 1. The molecule has 5 heteroatoms. The highest BCUT2D eigenvalue weighted by atomic mass is 32.2. The molecule has 106 valence electrons. The molecule has 0 amide bonds. The molecule has 1 aromatic rings. The minimum absolute atomic E-state index is 0.0804. The fourth-order valence-electron chi connectivity index (χ4n) is 2.40. The lowest BCUT2D eigenvalue weighted by Gasteiger charge is -2.27. The van der Waals surface area contributed by atoms with Crippen molar-refractivity contribution in [3.63, 3.8) is 0 Å². The van der Waals surface area contributed by atoms with Gasteiger partial charge in [0.15, 0.2) is 0 Å². The molecule has 19 heavy (non-hydrogen) atoms. The van der Waals surface area contributed by atoms with E-state index < -0.39 is 10.0 Å². The summed E-state index contributed by atoms with van der Waals surface area (Å²) in [5.41, 5.74) is 0.839. The molecule has 0 saturated carbocycles. The molecule has 1 heterocycles. The summed E-state index contributed by atoms with van der Waals surface area (Å²) in [6, 6.07) is 9.63. The molecule has 1 aliphatic heterocycles. The summed E-state index contributed by atoms with van der Waals surface area (Å²) >= 11 is 0. The minimum atomic E-state index is -3.22. The van der Waals surface area contributed by atoms with Gasteiger partial charge >= 0.3 is 0 Å². The van der Waals surface area contributed by atoms with Crippen molar-refractivity contribution in [1.82, 2.24) is 9.62 Å². The molecule has 1 fully saturated rings. The fraction of sp³-hybridized carbons (Fsp3) is 0.571. The zero-order valence-corrected chi connectivity index (χ0v) is 12.2. The van der Waals surface area contributed by atoms with Gasteiger partial charge in [0.1, 0.15) is 0 Å². The maximum absolute atomic E-state index is 12.3. The lowest BCUT2D eigenvalue weighted by Crippen LogP contribution is -2.44. The molecule has 0 aromatic heterocycles. The Hall–Kier alpha value is -0.910. The van der Waals surface area contributed by atoms with E-state index in [-0.39, 0.29) is 5.75 Å². The predicted molar refractivity (Wildman–Crippen MR) is 77.3 cm³/mol. The first kappa shape index (κ1) is 14.5. The van der Waals surface area contributed by atoms with Gasteiger partial charge in [0, 0.05) is 19.6 Å².